The molecule has 2 aromatic rings. The van der Waals surface area contributed by atoms with E-state index in [0.29, 0.717) is 0 Å². The molecule has 1 saturated carbocycles. The minimum Gasteiger partial charge on any atom is -0.306 e. The topological polar surface area (TPSA) is 37.8 Å². The molecule has 1 aliphatic carbocycles. The van der Waals surface area contributed by atoms with E-state index in [2.05, 4.69) is 22.2 Å². The van der Waals surface area contributed by atoms with E-state index in [1.807, 2.05) is 30.5 Å². The molecular weight excluding hydrogens is 234 g/mol. The Kier molecular flexibility index (Phi) is 3.47. The Hall–Kier alpha value is -1.48. The fourth-order valence-electron chi connectivity index (χ4n) is 2.89. The zero-order chi connectivity index (χ0) is 13.1. The highest BCUT2D eigenvalue weighted by molar-refractivity contribution is 5.73. The Morgan fingerprint density at radius 3 is 2.63 bits per heavy atom. The molecule has 1 fully saturated rings. The molecule has 3 heteroatoms. The van der Waals surface area contributed by atoms with Crippen LogP contribution >= 0.6 is 0 Å². The maximum atomic E-state index is 4.67. The van der Waals surface area contributed by atoms with E-state index in [9.17, 15) is 0 Å². The number of para-hydroxylation sites is 2. The minimum atomic E-state index is 0.283. The normalized spacial score (nSPS) is 18.6. The SMILES string of the molecule is CC1(NCc2cnc3ccccc3n2)CCCCC1. The van der Waals surface area contributed by atoms with Gasteiger partial charge in [-0.1, -0.05) is 31.4 Å². The van der Waals surface area contributed by atoms with E-state index in [1.165, 1.54) is 32.1 Å². The molecule has 0 aliphatic heterocycles. The summed E-state index contributed by atoms with van der Waals surface area (Å²) < 4.78 is 0. The van der Waals surface area contributed by atoms with Gasteiger partial charge in [0.25, 0.3) is 0 Å². The van der Waals surface area contributed by atoms with Gasteiger partial charge >= 0.3 is 0 Å². The number of rotatable bonds is 3. The molecule has 0 spiro atoms. The van der Waals surface area contributed by atoms with Crippen molar-refractivity contribution in [2.75, 3.05) is 0 Å². The van der Waals surface area contributed by atoms with Crippen LogP contribution in [0.2, 0.25) is 0 Å². The van der Waals surface area contributed by atoms with Crippen molar-refractivity contribution in [3.8, 4) is 0 Å². The van der Waals surface area contributed by atoms with Crippen molar-refractivity contribution in [1.82, 2.24) is 15.3 Å². The van der Waals surface area contributed by atoms with Gasteiger partial charge in [-0.15, -0.1) is 0 Å². The smallest absolute Gasteiger partial charge is 0.0890 e. The van der Waals surface area contributed by atoms with E-state index in [4.69, 9.17) is 0 Å². The van der Waals surface area contributed by atoms with E-state index in [-0.39, 0.29) is 5.54 Å². The van der Waals surface area contributed by atoms with Gasteiger partial charge in [0.2, 0.25) is 0 Å². The van der Waals surface area contributed by atoms with Crippen LogP contribution in [0.1, 0.15) is 44.7 Å². The lowest BCUT2D eigenvalue weighted by Crippen LogP contribution is -2.43. The van der Waals surface area contributed by atoms with Gasteiger partial charge in [0.15, 0.2) is 0 Å². The van der Waals surface area contributed by atoms with E-state index < -0.39 is 0 Å². The summed E-state index contributed by atoms with van der Waals surface area (Å²) in [6.07, 6.45) is 8.50. The first-order chi connectivity index (χ1) is 9.25. The average molecular weight is 255 g/mol. The van der Waals surface area contributed by atoms with Crippen molar-refractivity contribution in [2.24, 2.45) is 0 Å². The van der Waals surface area contributed by atoms with Gasteiger partial charge in [-0.3, -0.25) is 4.98 Å². The van der Waals surface area contributed by atoms with Crippen molar-refractivity contribution in [3.05, 3.63) is 36.2 Å². The van der Waals surface area contributed by atoms with Gasteiger partial charge in [0.05, 0.1) is 22.9 Å². The van der Waals surface area contributed by atoms with Crippen molar-refractivity contribution in [1.29, 1.82) is 0 Å². The predicted octanol–water partition coefficient (Wildman–Crippen LogP) is 3.44. The Balaban J connectivity index is 1.71. The first-order valence-electron chi connectivity index (χ1n) is 7.21. The summed E-state index contributed by atoms with van der Waals surface area (Å²) >= 11 is 0. The van der Waals surface area contributed by atoms with E-state index >= 15 is 0 Å². The lowest BCUT2D eigenvalue weighted by atomic mass is 9.83. The quantitative estimate of drug-likeness (QED) is 0.913. The summed E-state index contributed by atoms with van der Waals surface area (Å²) in [4.78, 5) is 9.13. The van der Waals surface area contributed by atoms with Crippen LogP contribution in [0.5, 0.6) is 0 Å². The molecule has 0 unspecified atom stereocenters. The van der Waals surface area contributed by atoms with Gasteiger partial charge < -0.3 is 5.32 Å². The number of benzene rings is 1. The third-order valence-electron chi connectivity index (χ3n) is 4.15. The number of fused-ring (bicyclic) bond motifs is 1. The van der Waals surface area contributed by atoms with E-state index in [1.54, 1.807) is 0 Å². The monoisotopic (exact) mass is 255 g/mol. The van der Waals surface area contributed by atoms with Crippen molar-refractivity contribution in [2.45, 2.75) is 51.1 Å². The number of hydrogen-bond acceptors (Lipinski definition) is 3. The molecular formula is C16H21N3. The average Bonchev–Trinajstić information content (AvgIpc) is 2.46. The maximum Gasteiger partial charge on any atom is 0.0890 e. The summed E-state index contributed by atoms with van der Waals surface area (Å²) in [5.74, 6) is 0. The van der Waals surface area contributed by atoms with E-state index in [0.717, 1.165) is 23.3 Å². The van der Waals surface area contributed by atoms with Gasteiger partial charge in [-0.2, -0.15) is 0 Å². The summed E-state index contributed by atoms with van der Waals surface area (Å²) in [7, 11) is 0. The molecule has 1 aromatic carbocycles. The summed E-state index contributed by atoms with van der Waals surface area (Å²) in [6, 6.07) is 8.03. The second kappa shape index (κ2) is 5.25. The number of nitrogens with one attached hydrogen (secondary N) is 1. The standard InChI is InChI=1S/C16H21N3/c1-16(9-5-2-6-10-16)18-12-13-11-17-14-7-3-4-8-15(14)19-13/h3-4,7-8,11,18H,2,5-6,9-10,12H2,1H3. The highest BCUT2D eigenvalue weighted by atomic mass is 15.0. The third kappa shape index (κ3) is 2.92. The first-order valence-corrected chi connectivity index (χ1v) is 7.21. The zero-order valence-electron chi connectivity index (χ0n) is 11.5. The van der Waals surface area contributed by atoms with Gasteiger partial charge in [-0.25, -0.2) is 4.98 Å². The second-order valence-electron chi connectivity index (χ2n) is 5.82. The van der Waals surface area contributed by atoms with Crippen LogP contribution in [0.4, 0.5) is 0 Å². The molecule has 100 valence electrons. The van der Waals surface area contributed by atoms with Gasteiger partial charge in [0.1, 0.15) is 0 Å². The molecule has 1 aliphatic rings. The molecule has 1 N–H and O–H groups in total. The lowest BCUT2D eigenvalue weighted by Gasteiger charge is -2.34. The molecule has 0 radical (unpaired) electrons. The molecule has 0 bridgehead atoms. The summed E-state index contributed by atoms with van der Waals surface area (Å²) in [5, 5.41) is 3.68. The molecule has 0 atom stereocenters. The zero-order valence-corrected chi connectivity index (χ0v) is 11.5. The van der Waals surface area contributed by atoms with Crippen LogP contribution in [-0.2, 0) is 6.54 Å². The molecule has 0 amide bonds. The van der Waals surface area contributed by atoms with Crippen molar-refractivity contribution in [3.63, 3.8) is 0 Å². The summed E-state index contributed by atoms with van der Waals surface area (Å²) in [6.45, 7) is 3.15. The Morgan fingerprint density at radius 2 is 1.84 bits per heavy atom. The number of aromatic nitrogens is 2. The predicted molar refractivity (Wildman–Crippen MR) is 77.9 cm³/mol. The van der Waals surface area contributed by atoms with Crippen LogP contribution in [0.15, 0.2) is 30.5 Å². The number of nitrogens with zero attached hydrogens (tertiary/aromatic N) is 2. The first kappa shape index (κ1) is 12.5. The lowest BCUT2D eigenvalue weighted by molar-refractivity contribution is 0.251. The molecule has 0 saturated heterocycles. The Bertz CT molecular complexity index is 559. The molecule has 1 heterocycles. The summed E-state index contributed by atoms with van der Waals surface area (Å²) in [5.41, 5.74) is 3.27. The van der Waals surface area contributed by atoms with Crippen LogP contribution in [0, 0.1) is 0 Å². The highest BCUT2D eigenvalue weighted by Crippen LogP contribution is 2.27. The fraction of sp³-hybridized carbons (Fsp3) is 0.500. The van der Waals surface area contributed by atoms with Gasteiger partial charge in [0, 0.05) is 12.1 Å². The minimum absolute atomic E-state index is 0.283. The number of hydrogen-bond donors (Lipinski definition) is 1. The van der Waals surface area contributed by atoms with Crippen LogP contribution in [-0.4, -0.2) is 15.5 Å². The molecule has 3 rings (SSSR count). The third-order valence-corrected chi connectivity index (χ3v) is 4.15. The molecule has 3 nitrogen and oxygen atoms in total. The van der Waals surface area contributed by atoms with Crippen molar-refractivity contribution >= 4 is 11.0 Å². The van der Waals surface area contributed by atoms with Crippen molar-refractivity contribution < 1.29 is 0 Å². The largest absolute Gasteiger partial charge is 0.306 e. The van der Waals surface area contributed by atoms with Gasteiger partial charge in [-0.05, 0) is 31.9 Å². The Morgan fingerprint density at radius 1 is 1.11 bits per heavy atom. The fourth-order valence-corrected chi connectivity index (χ4v) is 2.89. The van der Waals surface area contributed by atoms with Crippen LogP contribution in [0.25, 0.3) is 11.0 Å². The van der Waals surface area contributed by atoms with Crippen LogP contribution in [0.3, 0.4) is 0 Å². The molecule has 1 aromatic heterocycles. The maximum absolute atomic E-state index is 4.67. The second-order valence-corrected chi connectivity index (χ2v) is 5.82. The Labute approximate surface area is 114 Å². The van der Waals surface area contributed by atoms with Crippen LogP contribution < -0.4 is 5.32 Å². The highest BCUT2D eigenvalue weighted by Gasteiger charge is 2.25. The molecule has 19 heavy (non-hydrogen) atoms.